The van der Waals surface area contributed by atoms with Gasteiger partial charge in [0.1, 0.15) is 5.82 Å². The molecule has 0 saturated heterocycles. The molecule has 0 bridgehead atoms. The SMILES string of the molecule is COC(=O)C1CCc2nc(-c3ccc(C#Cc4ccnc(OCC(F)(F)F)c4)cc3)cn2C1. The van der Waals surface area contributed by atoms with Gasteiger partial charge in [-0.2, -0.15) is 13.2 Å². The summed E-state index contributed by atoms with van der Waals surface area (Å²) in [4.78, 5) is 20.3. The standard InChI is InChI=1S/C24H20F3N3O3/c1-32-23(31)19-8-9-21-29-20(14-30(21)13-19)18-6-4-16(5-7-18)2-3-17-10-11-28-22(12-17)33-15-24(25,26)27/h4-7,10-12,14,19H,8-9,13,15H2,1H3. The van der Waals surface area contributed by atoms with Gasteiger partial charge in [-0.1, -0.05) is 24.0 Å². The number of hydrogen-bond acceptors (Lipinski definition) is 5. The molecule has 170 valence electrons. The Bertz CT molecular complexity index is 1210. The molecule has 1 aliphatic rings. The summed E-state index contributed by atoms with van der Waals surface area (Å²) in [5.74, 6) is 6.33. The zero-order valence-corrected chi connectivity index (χ0v) is 17.7. The predicted molar refractivity (Wildman–Crippen MR) is 113 cm³/mol. The summed E-state index contributed by atoms with van der Waals surface area (Å²) < 4.78 is 48.4. The van der Waals surface area contributed by atoms with E-state index in [9.17, 15) is 18.0 Å². The molecule has 6 nitrogen and oxygen atoms in total. The lowest BCUT2D eigenvalue weighted by Crippen LogP contribution is -2.27. The fraction of sp³-hybridized carbons (Fsp3) is 0.292. The van der Waals surface area contributed by atoms with Crippen LogP contribution in [0, 0.1) is 17.8 Å². The number of halogens is 3. The Hall–Kier alpha value is -3.80. The highest BCUT2D eigenvalue weighted by Gasteiger charge is 2.29. The van der Waals surface area contributed by atoms with Crippen molar-refractivity contribution in [3.05, 3.63) is 65.7 Å². The van der Waals surface area contributed by atoms with Gasteiger partial charge in [-0.3, -0.25) is 4.79 Å². The van der Waals surface area contributed by atoms with Gasteiger partial charge in [0.25, 0.3) is 0 Å². The molecule has 3 aromatic rings. The molecule has 0 N–H and O–H groups in total. The number of alkyl halides is 3. The molecular formula is C24H20F3N3O3. The van der Waals surface area contributed by atoms with E-state index < -0.39 is 12.8 Å². The van der Waals surface area contributed by atoms with Crippen molar-refractivity contribution in [1.82, 2.24) is 14.5 Å². The first-order chi connectivity index (χ1) is 15.8. The van der Waals surface area contributed by atoms with Crippen LogP contribution in [-0.2, 0) is 22.5 Å². The first-order valence-corrected chi connectivity index (χ1v) is 10.2. The molecule has 1 atom stereocenters. The van der Waals surface area contributed by atoms with Crippen LogP contribution < -0.4 is 4.74 Å². The number of hydrogen-bond donors (Lipinski definition) is 0. The van der Waals surface area contributed by atoms with Crippen LogP contribution in [-0.4, -0.2) is 40.4 Å². The summed E-state index contributed by atoms with van der Waals surface area (Å²) in [5.41, 5.74) is 2.97. The number of ether oxygens (including phenoxy) is 2. The summed E-state index contributed by atoms with van der Waals surface area (Å²) in [7, 11) is 1.40. The highest BCUT2D eigenvalue weighted by molar-refractivity contribution is 5.72. The number of pyridine rings is 1. The van der Waals surface area contributed by atoms with Gasteiger partial charge in [-0.05, 0) is 24.6 Å². The zero-order valence-electron chi connectivity index (χ0n) is 17.7. The van der Waals surface area contributed by atoms with Gasteiger partial charge in [0, 0.05) is 48.1 Å². The lowest BCUT2D eigenvalue weighted by atomic mass is 10.00. The van der Waals surface area contributed by atoms with E-state index in [2.05, 4.69) is 26.5 Å². The number of fused-ring (bicyclic) bond motifs is 1. The van der Waals surface area contributed by atoms with Gasteiger partial charge in [0.15, 0.2) is 6.61 Å². The predicted octanol–water partition coefficient (Wildman–Crippen LogP) is 4.02. The number of esters is 1. The number of methoxy groups -OCH3 is 1. The number of carbonyl (C=O) groups is 1. The van der Waals surface area contributed by atoms with E-state index in [-0.39, 0.29) is 17.8 Å². The average Bonchev–Trinajstić information content (AvgIpc) is 3.24. The number of rotatable bonds is 4. The maximum Gasteiger partial charge on any atom is 0.422 e. The highest BCUT2D eigenvalue weighted by Crippen LogP contribution is 2.26. The van der Waals surface area contributed by atoms with Gasteiger partial charge in [-0.25, -0.2) is 9.97 Å². The third-order valence-electron chi connectivity index (χ3n) is 5.18. The van der Waals surface area contributed by atoms with Crippen molar-refractivity contribution in [3.8, 4) is 29.0 Å². The minimum atomic E-state index is -4.43. The number of nitrogens with zero attached hydrogens (tertiary/aromatic N) is 3. The monoisotopic (exact) mass is 455 g/mol. The summed E-state index contributed by atoms with van der Waals surface area (Å²) in [6, 6.07) is 10.5. The zero-order chi connectivity index (χ0) is 23.4. The van der Waals surface area contributed by atoms with E-state index in [1.165, 1.54) is 19.4 Å². The quantitative estimate of drug-likeness (QED) is 0.439. The number of carbonyl (C=O) groups excluding carboxylic acids is 1. The average molecular weight is 455 g/mol. The molecule has 33 heavy (non-hydrogen) atoms. The topological polar surface area (TPSA) is 66.2 Å². The molecule has 0 saturated carbocycles. The van der Waals surface area contributed by atoms with Crippen LogP contribution in [0.25, 0.3) is 11.3 Å². The molecule has 0 aliphatic carbocycles. The molecule has 0 radical (unpaired) electrons. The van der Waals surface area contributed by atoms with Crippen molar-refractivity contribution in [3.63, 3.8) is 0 Å². The minimum Gasteiger partial charge on any atom is -0.469 e. The molecule has 0 amide bonds. The van der Waals surface area contributed by atoms with Crippen molar-refractivity contribution in [1.29, 1.82) is 0 Å². The lowest BCUT2D eigenvalue weighted by Gasteiger charge is -2.21. The maximum atomic E-state index is 12.3. The number of aromatic nitrogens is 3. The lowest BCUT2D eigenvalue weighted by molar-refractivity contribution is -0.154. The molecule has 1 unspecified atom stereocenters. The summed E-state index contributed by atoms with van der Waals surface area (Å²) in [5, 5.41) is 0. The molecule has 0 spiro atoms. The second kappa shape index (κ2) is 9.36. The van der Waals surface area contributed by atoms with Crippen molar-refractivity contribution >= 4 is 5.97 Å². The van der Waals surface area contributed by atoms with E-state index in [0.717, 1.165) is 29.1 Å². The Morgan fingerprint density at radius 3 is 2.67 bits per heavy atom. The van der Waals surface area contributed by atoms with Crippen molar-refractivity contribution < 1.29 is 27.4 Å². The summed E-state index contributed by atoms with van der Waals surface area (Å²) in [6.07, 6.45) is 0.288. The van der Waals surface area contributed by atoms with Crippen molar-refractivity contribution in [2.75, 3.05) is 13.7 Å². The number of benzene rings is 1. The Labute approximate surface area is 188 Å². The van der Waals surface area contributed by atoms with Gasteiger partial charge < -0.3 is 14.0 Å². The second-order valence-corrected chi connectivity index (χ2v) is 7.57. The van der Waals surface area contributed by atoms with Crippen LogP contribution in [0.2, 0.25) is 0 Å². The van der Waals surface area contributed by atoms with Gasteiger partial charge in [0.05, 0.1) is 18.7 Å². The Balaban J connectivity index is 1.44. The van der Waals surface area contributed by atoms with Crippen molar-refractivity contribution in [2.24, 2.45) is 5.92 Å². The van der Waals surface area contributed by atoms with Crippen LogP contribution >= 0.6 is 0 Å². The smallest absolute Gasteiger partial charge is 0.422 e. The molecule has 1 aromatic carbocycles. The first kappa shape index (κ1) is 22.4. The largest absolute Gasteiger partial charge is 0.469 e. The minimum absolute atomic E-state index is 0.132. The normalized spacial score (nSPS) is 15.2. The molecule has 1 aliphatic heterocycles. The third-order valence-corrected chi connectivity index (χ3v) is 5.18. The van der Waals surface area contributed by atoms with E-state index in [4.69, 9.17) is 4.74 Å². The van der Waals surface area contributed by atoms with Crippen LogP contribution in [0.1, 0.15) is 23.4 Å². The molecular weight excluding hydrogens is 435 g/mol. The van der Waals surface area contributed by atoms with E-state index in [1.807, 2.05) is 35.0 Å². The maximum absolute atomic E-state index is 12.3. The van der Waals surface area contributed by atoms with E-state index in [0.29, 0.717) is 18.5 Å². The van der Waals surface area contributed by atoms with Gasteiger partial charge >= 0.3 is 12.1 Å². The third kappa shape index (κ3) is 5.71. The fourth-order valence-corrected chi connectivity index (χ4v) is 3.53. The number of aryl methyl sites for hydroxylation is 1. The summed E-state index contributed by atoms with van der Waals surface area (Å²) in [6.45, 7) is -0.849. The van der Waals surface area contributed by atoms with Gasteiger partial charge in [-0.15, -0.1) is 0 Å². The second-order valence-electron chi connectivity index (χ2n) is 7.57. The Morgan fingerprint density at radius 1 is 1.18 bits per heavy atom. The molecule has 2 aromatic heterocycles. The molecule has 3 heterocycles. The fourth-order valence-electron chi connectivity index (χ4n) is 3.53. The molecule has 9 heteroatoms. The summed E-state index contributed by atoms with van der Waals surface area (Å²) >= 11 is 0. The Kier molecular flexibility index (Phi) is 6.36. The van der Waals surface area contributed by atoms with Crippen LogP contribution in [0.5, 0.6) is 5.88 Å². The van der Waals surface area contributed by atoms with Gasteiger partial charge in [0.2, 0.25) is 5.88 Å². The molecule has 0 fully saturated rings. The van der Waals surface area contributed by atoms with E-state index >= 15 is 0 Å². The first-order valence-electron chi connectivity index (χ1n) is 10.2. The van der Waals surface area contributed by atoms with E-state index in [1.54, 1.807) is 6.07 Å². The Morgan fingerprint density at radius 2 is 1.94 bits per heavy atom. The molecule has 4 rings (SSSR count). The highest BCUT2D eigenvalue weighted by atomic mass is 19.4. The number of imidazole rings is 1. The van der Waals surface area contributed by atoms with Crippen LogP contribution in [0.4, 0.5) is 13.2 Å². The van der Waals surface area contributed by atoms with Crippen LogP contribution in [0.3, 0.4) is 0 Å². The van der Waals surface area contributed by atoms with Crippen molar-refractivity contribution in [2.45, 2.75) is 25.6 Å². The van der Waals surface area contributed by atoms with Crippen LogP contribution in [0.15, 0.2) is 48.8 Å².